The highest BCUT2D eigenvalue weighted by molar-refractivity contribution is 6.09. The van der Waals surface area contributed by atoms with Crippen molar-refractivity contribution in [2.24, 2.45) is 4.99 Å². The number of benzene rings is 1. The molecule has 1 aliphatic heterocycles. The van der Waals surface area contributed by atoms with Gasteiger partial charge in [0.15, 0.2) is 0 Å². The maximum absolute atomic E-state index is 11.2. The molecule has 0 aromatic heterocycles. The summed E-state index contributed by atoms with van der Waals surface area (Å²) in [5, 5.41) is 10.5. The van der Waals surface area contributed by atoms with Gasteiger partial charge in [0.1, 0.15) is 5.75 Å². The number of rotatable bonds is 0. The van der Waals surface area contributed by atoms with Crippen molar-refractivity contribution in [3.05, 3.63) is 28.1 Å². The molecule has 0 atom stereocenters. The number of hydrogen-bond acceptors (Lipinski definition) is 2. The number of hydrogen-bond donors (Lipinski definition) is 1. The van der Waals surface area contributed by atoms with E-state index in [9.17, 15) is 9.90 Å². The van der Waals surface area contributed by atoms with E-state index in [4.69, 9.17) is 0 Å². The molecule has 3 heteroatoms. The van der Waals surface area contributed by atoms with Crippen molar-refractivity contribution in [3.63, 3.8) is 0 Å². The molecule has 13 heavy (non-hydrogen) atoms. The Bertz CT molecular complexity index is 514. The molecule has 1 aromatic rings. The van der Waals surface area contributed by atoms with Gasteiger partial charge in [-0.05, 0) is 23.4 Å². The highest BCUT2D eigenvalue weighted by Crippen LogP contribution is 2.01. The third-order valence-corrected chi connectivity index (χ3v) is 1.93. The van der Waals surface area contributed by atoms with Crippen LogP contribution < -0.4 is 10.4 Å². The van der Waals surface area contributed by atoms with Gasteiger partial charge in [-0.2, -0.15) is 0 Å². The lowest BCUT2D eigenvalue weighted by Crippen LogP contribution is -2.21. The number of carbonyl (C=O) groups excluding carboxylic acids is 1. The van der Waals surface area contributed by atoms with E-state index in [-0.39, 0.29) is 11.7 Å². The molecule has 0 saturated heterocycles. The Morgan fingerprint density at radius 3 is 2.92 bits per heavy atom. The van der Waals surface area contributed by atoms with E-state index >= 15 is 0 Å². The molecule has 0 radical (unpaired) electrons. The number of nitrogens with zero attached hydrogens (tertiary/aromatic N) is 1. The Morgan fingerprint density at radius 1 is 1.38 bits per heavy atom. The van der Waals surface area contributed by atoms with Crippen LogP contribution in [-0.2, 0) is 0 Å². The van der Waals surface area contributed by atoms with Crippen molar-refractivity contribution in [2.45, 2.75) is 0 Å². The van der Waals surface area contributed by atoms with Crippen LogP contribution >= 0.6 is 0 Å². The maximum Gasteiger partial charge on any atom is 0.277 e. The van der Waals surface area contributed by atoms with E-state index in [0.29, 0.717) is 16.0 Å². The molecule has 1 aliphatic rings. The predicted molar refractivity (Wildman–Crippen MR) is 50.2 cm³/mol. The fourth-order valence-corrected chi connectivity index (χ4v) is 1.23. The van der Waals surface area contributed by atoms with Gasteiger partial charge >= 0.3 is 0 Å². The fraction of sp³-hybridized carbons (Fsp3) is 0. The smallest absolute Gasteiger partial charge is 0.277 e. The third-order valence-electron chi connectivity index (χ3n) is 1.93. The Morgan fingerprint density at radius 2 is 2.15 bits per heavy atom. The first-order chi connectivity index (χ1) is 6.18. The normalized spacial score (nSPS) is 13.7. The topological polar surface area (TPSA) is 49.7 Å². The molecule has 1 heterocycles. The third kappa shape index (κ3) is 1.14. The molecule has 0 fully saturated rings. The maximum atomic E-state index is 11.2. The van der Waals surface area contributed by atoms with E-state index in [0.717, 1.165) is 0 Å². The number of aliphatic imine (C=N–C) groups is 1. The monoisotopic (exact) mass is 173 g/mol. The van der Waals surface area contributed by atoms with Crippen LogP contribution in [0.3, 0.4) is 0 Å². The molecular weight excluding hydrogens is 166 g/mol. The van der Waals surface area contributed by atoms with Crippen LogP contribution in [0.1, 0.15) is 10.4 Å². The first-order valence-electron chi connectivity index (χ1n) is 3.79. The Kier molecular flexibility index (Phi) is 1.52. The Labute approximate surface area is 74.4 Å². The second-order valence-corrected chi connectivity index (χ2v) is 2.82. The summed E-state index contributed by atoms with van der Waals surface area (Å²) in [6, 6.07) is 3.06. The molecule has 0 bridgehead atoms. The molecule has 1 aromatic carbocycles. The highest BCUT2D eigenvalue weighted by Gasteiger charge is 2.09. The standard InChI is InChI=1S/C10H7NO2/c1-6-4-8-7(5-9(6)12)2-3-11-10(8)13/h2-5,12H,1H2. The molecule has 0 saturated carbocycles. The number of phenols is 1. The van der Waals surface area contributed by atoms with Gasteiger partial charge in [-0.3, -0.25) is 4.79 Å². The van der Waals surface area contributed by atoms with E-state index in [1.54, 1.807) is 12.1 Å². The second-order valence-electron chi connectivity index (χ2n) is 2.82. The van der Waals surface area contributed by atoms with E-state index in [1.807, 2.05) is 0 Å². The zero-order valence-corrected chi connectivity index (χ0v) is 6.82. The lowest BCUT2D eigenvalue weighted by Gasteiger charge is -2.02. The first kappa shape index (κ1) is 7.73. The lowest BCUT2D eigenvalue weighted by molar-refractivity contribution is 0.100. The van der Waals surface area contributed by atoms with Gasteiger partial charge in [0, 0.05) is 17.0 Å². The summed E-state index contributed by atoms with van der Waals surface area (Å²) in [5.41, 5.74) is 0.491. The minimum atomic E-state index is -0.289. The Hall–Kier alpha value is -1.90. The van der Waals surface area contributed by atoms with Gasteiger partial charge in [-0.1, -0.05) is 6.58 Å². The summed E-state index contributed by atoms with van der Waals surface area (Å²) < 4.78 is 0. The SMILES string of the molecule is C=c1cc2c(cc1O)=CC=NC2=O. The summed E-state index contributed by atoms with van der Waals surface area (Å²) in [6.07, 6.45) is 3.10. The summed E-state index contributed by atoms with van der Waals surface area (Å²) in [7, 11) is 0. The average molecular weight is 173 g/mol. The number of fused-ring (bicyclic) bond motifs is 1. The van der Waals surface area contributed by atoms with Crippen LogP contribution in [0.4, 0.5) is 0 Å². The van der Waals surface area contributed by atoms with Gasteiger partial charge < -0.3 is 5.11 Å². The number of aromatic hydroxyl groups is 1. The zero-order chi connectivity index (χ0) is 9.42. The molecule has 64 valence electrons. The van der Waals surface area contributed by atoms with Crippen molar-refractivity contribution in [1.29, 1.82) is 0 Å². The van der Waals surface area contributed by atoms with E-state index in [1.165, 1.54) is 12.3 Å². The van der Waals surface area contributed by atoms with Crippen molar-refractivity contribution < 1.29 is 9.90 Å². The van der Waals surface area contributed by atoms with Crippen molar-refractivity contribution in [2.75, 3.05) is 0 Å². The van der Waals surface area contributed by atoms with Gasteiger partial charge in [-0.25, -0.2) is 4.99 Å². The van der Waals surface area contributed by atoms with Crippen molar-refractivity contribution in [1.82, 2.24) is 0 Å². The number of phenolic OH excluding ortho intramolecular Hbond substituents is 1. The van der Waals surface area contributed by atoms with Crippen LogP contribution in [0.2, 0.25) is 0 Å². The lowest BCUT2D eigenvalue weighted by atomic mass is 10.1. The van der Waals surface area contributed by atoms with E-state index in [2.05, 4.69) is 11.6 Å². The van der Waals surface area contributed by atoms with Crippen LogP contribution in [-0.4, -0.2) is 17.2 Å². The molecule has 3 nitrogen and oxygen atoms in total. The van der Waals surface area contributed by atoms with Crippen LogP contribution in [0.25, 0.3) is 12.7 Å². The quantitative estimate of drug-likeness (QED) is 0.591. The second kappa shape index (κ2) is 2.55. The van der Waals surface area contributed by atoms with Gasteiger partial charge in [0.05, 0.1) is 0 Å². The van der Waals surface area contributed by atoms with Gasteiger partial charge in [0.25, 0.3) is 5.91 Å². The Balaban J connectivity index is 2.87. The summed E-state index contributed by atoms with van der Waals surface area (Å²) in [5.74, 6) is -0.194. The first-order valence-corrected chi connectivity index (χ1v) is 3.79. The summed E-state index contributed by atoms with van der Waals surface area (Å²) in [4.78, 5) is 14.8. The van der Waals surface area contributed by atoms with Crippen LogP contribution in [0.15, 0.2) is 17.1 Å². The largest absolute Gasteiger partial charge is 0.507 e. The molecular formula is C10H7NO2. The van der Waals surface area contributed by atoms with Gasteiger partial charge in [-0.15, -0.1) is 0 Å². The molecule has 0 unspecified atom stereocenters. The molecule has 2 rings (SSSR count). The van der Waals surface area contributed by atoms with Crippen molar-refractivity contribution >= 4 is 24.8 Å². The fourth-order valence-electron chi connectivity index (χ4n) is 1.23. The van der Waals surface area contributed by atoms with E-state index < -0.39 is 0 Å². The van der Waals surface area contributed by atoms with Gasteiger partial charge in [0.2, 0.25) is 0 Å². The zero-order valence-electron chi connectivity index (χ0n) is 6.82. The minimum Gasteiger partial charge on any atom is -0.507 e. The molecule has 0 spiro atoms. The number of amides is 1. The summed E-state index contributed by atoms with van der Waals surface area (Å²) >= 11 is 0. The average Bonchev–Trinajstić information content (AvgIpc) is 2.09. The minimum absolute atomic E-state index is 0.0955. The number of carbonyl (C=O) groups is 1. The predicted octanol–water partition coefficient (Wildman–Crippen LogP) is -0.192. The molecule has 1 N–H and O–H groups in total. The molecule has 0 aliphatic carbocycles. The highest BCUT2D eigenvalue weighted by atomic mass is 16.3. The van der Waals surface area contributed by atoms with Crippen molar-refractivity contribution in [3.8, 4) is 5.75 Å². The van der Waals surface area contributed by atoms with Crippen LogP contribution in [0.5, 0.6) is 5.75 Å². The van der Waals surface area contributed by atoms with Crippen LogP contribution in [0, 0.1) is 0 Å². The summed E-state index contributed by atoms with van der Waals surface area (Å²) in [6.45, 7) is 3.59. The molecule has 1 amide bonds.